The Labute approximate surface area is 143 Å². The molecule has 0 heterocycles. The topological polar surface area (TPSA) is 75.6 Å². The molecule has 0 aliphatic heterocycles. The largest absolute Gasteiger partial charge is 0.573 e. The van der Waals surface area contributed by atoms with Crippen LogP contribution in [0.3, 0.4) is 0 Å². The molecule has 0 atom stereocenters. The van der Waals surface area contributed by atoms with Gasteiger partial charge in [0.1, 0.15) is 5.75 Å². The van der Waals surface area contributed by atoms with Gasteiger partial charge in [-0.3, -0.25) is 9.59 Å². The van der Waals surface area contributed by atoms with E-state index in [-0.39, 0.29) is 24.5 Å². The third-order valence-electron chi connectivity index (χ3n) is 4.25. The van der Waals surface area contributed by atoms with Crippen molar-refractivity contribution in [2.75, 3.05) is 0 Å². The van der Waals surface area contributed by atoms with Crippen LogP contribution in [0.15, 0.2) is 24.3 Å². The number of alkyl halides is 3. The van der Waals surface area contributed by atoms with Crippen LogP contribution in [-0.2, 0) is 16.0 Å². The molecule has 1 aromatic rings. The van der Waals surface area contributed by atoms with Gasteiger partial charge in [-0.2, -0.15) is 0 Å². The zero-order chi connectivity index (χ0) is 18.5. The normalized spacial score (nSPS) is 16.4. The van der Waals surface area contributed by atoms with Gasteiger partial charge in [-0.25, -0.2) is 0 Å². The Morgan fingerprint density at radius 1 is 1.16 bits per heavy atom. The molecule has 0 saturated heterocycles. The van der Waals surface area contributed by atoms with E-state index in [1.165, 1.54) is 24.3 Å². The predicted octanol–water partition coefficient (Wildman–Crippen LogP) is 3.42. The van der Waals surface area contributed by atoms with Crippen molar-refractivity contribution in [3.05, 3.63) is 29.8 Å². The second kappa shape index (κ2) is 7.76. The third-order valence-corrected chi connectivity index (χ3v) is 4.25. The van der Waals surface area contributed by atoms with Gasteiger partial charge < -0.3 is 15.2 Å². The molecule has 8 heteroatoms. The number of rotatable bonds is 7. The van der Waals surface area contributed by atoms with Gasteiger partial charge in [-0.15, -0.1) is 13.2 Å². The van der Waals surface area contributed by atoms with Crippen LogP contribution in [-0.4, -0.2) is 28.9 Å². The lowest BCUT2D eigenvalue weighted by Crippen LogP contribution is -2.47. The van der Waals surface area contributed by atoms with E-state index in [0.717, 1.165) is 12.8 Å². The van der Waals surface area contributed by atoms with E-state index in [1.54, 1.807) is 0 Å². The van der Waals surface area contributed by atoms with Gasteiger partial charge >= 0.3 is 12.3 Å². The maximum absolute atomic E-state index is 12.1. The standard InChI is InChI=1S/C17H20F3NO4/c18-17(19,20)25-13-6-3-12(4-7-13)5-8-14(22)21-16(11-15(23)24)9-1-2-10-16/h3-4,6-7H,1-2,5,8-11H2,(H,21,22)(H,23,24). The number of hydrogen-bond acceptors (Lipinski definition) is 3. The number of carboxylic acids is 1. The lowest BCUT2D eigenvalue weighted by molar-refractivity contribution is -0.274. The Bertz CT molecular complexity index is 607. The summed E-state index contributed by atoms with van der Waals surface area (Å²) in [7, 11) is 0. The number of amides is 1. The zero-order valence-corrected chi connectivity index (χ0v) is 13.6. The summed E-state index contributed by atoms with van der Waals surface area (Å²) >= 11 is 0. The summed E-state index contributed by atoms with van der Waals surface area (Å²) in [4.78, 5) is 23.1. The number of hydrogen-bond donors (Lipinski definition) is 2. The van der Waals surface area contributed by atoms with E-state index in [2.05, 4.69) is 10.1 Å². The van der Waals surface area contributed by atoms with Crippen molar-refractivity contribution < 1.29 is 32.6 Å². The van der Waals surface area contributed by atoms with Crippen molar-refractivity contribution in [3.8, 4) is 5.75 Å². The van der Waals surface area contributed by atoms with Gasteiger partial charge in [0, 0.05) is 6.42 Å². The summed E-state index contributed by atoms with van der Waals surface area (Å²) in [5, 5.41) is 11.9. The minimum atomic E-state index is -4.73. The molecule has 2 rings (SSSR count). The van der Waals surface area contributed by atoms with Crippen molar-refractivity contribution in [3.63, 3.8) is 0 Å². The van der Waals surface area contributed by atoms with Crippen LogP contribution >= 0.6 is 0 Å². The fourth-order valence-corrected chi connectivity index (χ4v) is 3.16. The number of nitrogens with one attached hydrogen (secondary N) is 1. The van der Waals surface area contributed by atoms with Crippen LogP contribution in [0, 0.1) is 0 Å². The molecule has 25 heavy (non-hydrogen) atoms. The van der Waals surface area contributed by atoms with Gasteiger partial charge in [0.05, 0.1) is 12.0 Å². The number of carbonyl (C=O) groups is 2. The SMILES string of the molecule is O=C(O)CC1(NC(=O)CCc2ccc(OC(F)(F)F)cc2)CCCC1. The molecule has 2 N–H and O–H groups in total. The van der Waals surface area contributed by atoms with Crippen molar-refractivity contribution in [1.29, 1.82) is 0 Å². The van der Waals surface area contributed by atoms with E-state index in [4.69, 9.17) is 5.11 Å². The monoisotopic (exact) mass is 359 g/mol. The first kappa shape index (κ1) is 19.1. The lowest BCUT2D eigenvalue weighted by Gasteiger charge is -2.28. The van der Waals surface area contributed by atoms with E-state index in [9.17, 15) is 22.8 Å². The Morgan fingerprint density at radius 2 is 1.76 bits per heavy atom. The van der Waals surface area contributed by atoms with Crippen molar-refractivity contribution >= 4 is 11.9 Å². The molecular weight excluding hydrogens is 339 g/mol. The highest BCUT2D eigenvalue weighted by atomic mass is 19.4. The molecule has 1 amide bonds. The summed E-state index contributed by atoms with van der Waals surface area (Å²) < 4.78 is 40.1. The molecule has 1 aromatic carbocycles. The highest BCUT2D eigenvalue weighted by molar-refractivity contribution is 5.78. The molecule has 0 radical (unpaired) electrons. The number of carbonyl (C=O) groups excluding carboxylic acids is 1. The van der Waals surface area contributed by atoms with Crippen LogP contribution in [0.1, 0.15) is 44.1 Å². The molecular formula is C17H20F3NO4. The van der Waals surface area contributed by atoms with E-state index in [0.29, 0.717) is 24.8 Å². The highest BCUT2D eigenvalue weighted by Crippen LogP contribution is 2.32. The van der Waals surface area contributed by atoms with Crippen molar-refractivity contribution in [2.45, 2.75) is 56.8 Å². The van der Waals surface area contributed by atoms with Crippen LogP contribution in [0.4, 0.5) is 13.2 Å². The van der Waals surface area contributed by atoms with Crippen LogP contribution < -0.4 is 10.1 Å². The number of carboxylic acid groups (broad SMARTS) is 1. The number of aliphatic carboxylic acids is 1. The van der Waals surface area contributed by atoms with E-state index < -0.39 is 17.9 Å². The van der Waals surface area contributed by atoms with Crippen molar-refractivity contribution in [2.24, 2.45) is 0 Å². The molecule has 5 nitrogen and oxygen atoms in total. The van der Waals surface area contributed by atoms with Gasteiger partial charge in [-0.05, 0) is 37.0 Å². The fourth-order valence-electron chi connectivity index (χ4n) is 3.16. The Morgan fingerprint density at radius 3 is 2.28 bits per heavy atom. The average molecular weight is 359 g/mol. The Kier molecular flexibility index (Phi) is 5.92. The minimum absolute atomic E-state index is 0.0950. The Balaban J connectivity index is 1.86. The maximum atomic E-state index is 12.1. The molecule has 138 valence electrons. The smallest absolute Gasteiger partial charge is 0.481 e. The maximum Gasteiger partial charge on any atom is 0.573 e. The first-order chi connectivity index (χ1) is 11.7. The molecule has 0 unspecified atom stereocenters. The lowest BCUT2D eigenvalue weighted by atomic mass is 9.93. The number of benzene rings is 1. The third kappa shape index (κ3) is 6.28. The summed E-state index contributed by atoms with van der Waals surface area (Å²) in [5.74, 6) is -1.51. The molecule has 1 saturated carbocycles. The van der Waals surface area contributed by atoms with Gasteiger partial charge in [0.15, 0.2) is 0 Å². The summed E-state index contributed by atoms with van der Waals surface area (Å²) in [6, 6.07) is 5.33. The van der Waals surface area contributed by atoms with Crippen molar-refractivity contribution in [1.82, 2.24) is 5.32 Å². The van der Waals surface area contributed by atoms with Gasteiger partial charge in [0.25, 0.3) is 0 Å². The van der Waals surface area contributed by atoms with Gasteiger partial charge in [0.2, 0.25) is 5.91 Å². The Hall–Kier alpha value is -2.25. The van der Waals surface area contributed by atoms with Crippen LogP contribution in [0.5, 0.6) is 5.75 Å². The number of ether oxygens (including phenoxy) is 1. The minimum Gasteiger partial charge on any atom is -0.481 e. The second-order valence-electron chi connectivity index (χ2n) is 6.30. The first-order valence-corrected chi connectivity index (χ1v) is 8.05. The zero-order valence-electron chi connectivity index (χ0n) is 13.6. The number of aryl methyl sites for hydroxylation is 1. The number of halogens is 3. The summed E-state index contributed by atoms with van der Waals surface area (Å²) in [6.07, 6.45) is -1.28. The second-order valence-corrected chi connectivity index (χ2v) is 6.30. The molecule has 0 bridgehead atoms. The quantitative estimate of drug-likeness (QED) is 0.782. The van der Waals surface area contributed by atoms with E-state index >= 15 is 0 Å². The average Bonchev–Trinajstić information content (AvgIpc) is 2.92. The summed E-state index contributed by atoms with van der Waals surface area (Å²) in [6.45, 7) is 0. The fraction of sp³-hybridized carbons (Fsp3) is 0.529. The highest BCUT2D eigenvalue weighted by Gasteiger charge is 2.37. The molecule has 0 aromatic heterocycles. The molecule has 1 aliphatic carbocycles. The molecule has 1 aliphatic rings. The van der Waals surface area contributed by atoms with Gasteiger partial charge in [-0.1, -0.05) is 25.0 Å². The van der Waals surface area contributed by atoms with Crippen LogP contribution in [0.2, 0.25) is 0 Å². The van der Waals surface area contributed by atoms with E-state index in [1.807, 2.05) is 0 Å². The predicted molar refractivity (Wildman–Crippen MR) is 83.0 cm³/mol. The first-order valence-electron chi connectivity index (χ1n) is 8.05. The van der Waals surface area contributed by atoms with Crippen LogP contribution in [0.25, 0.3) is 0 Å². The molecule has 0 spiro atoms. The molecule has 1 fully saturated rings. The summed E-state index contributed by atoms with van der Waals surface area (Å²) in [5.41, 5.74) is 0.0243.